The van der Waals surface area contributed by atoms with Crippen molar-refractivity contribution >= 4 is 47.0 Å². The average molecular weight is 550 g/mol. The van der Waals surface area contributed by atoms with E-state index in [9.17, 15) is 19.5 Å². The SMILES string of the molecule is CSCCC(NC(=O)OC(C)(C)C)C(=O)N(C)C(C(=O)Nc1c(C)cccc1Cl)c1ccc(O)c(C)c1. The number of halogens is 1. The maximum absolute atomic E-state index is 13.7. The van der Waals surface area contributed by atoms with Gasteiger partial charge in [-0.3, -0.25) is 9.59 Å². The minimum Gasteiger partial charge on any atom is -0.508 e. The Balaban J connectivity index is 2.44. The van der Waals surface area contributed by atoms with Gasteiger partial charge in [0.2, 0.25) is 5.91 Å². The largest absolute Gasteiger partial charge is 0.508 e. The Morgan fingerprint density at radius 1 is 1.14 bits per heavy atom. The molecule has 0 fully saturated rings. The molecule has 37 heavy (non-hydrogen) atoms. The fraction of sp³-hybridized carbons (Fsp3) is 0.444. The van der Waals surface area contributed by atoms with Crippen molar-refractivity contribution in [1.82, 2.24) is 10.2 Å². The summed E-state index contributed by atoms with van der Waals surface area (Å²) >= 11 is 7.87. The van der Waals surface area contributed by atoms with Crippen molar-refractivity contribution in [1.29, 1.82) is 0 Å². The van der Waals surface area contributed by atoms with Crippen molar-refractivity contribution in [3.05, 3.63) is 58.1 Å². The second-order valence-electron chi connectivity index (χ2n) is 9.80. The number of thioether (sulfide) groups is 1. The molecule has 0 heterocycles. The number of alkyl carbamates (subject to hydrolysis) is 1. The van der Waals surface area contributed by atoms with E-state index in [0.29, 0.717) is 34.0 Å². The minimum absolute atomic E-state index is 0.0725. The van der Waals surface area contributed by atoms with Crippen LogP contribution in [0.1, 0.15) is 49.9 Å². The van der Waals surface area contributed by atoms with Crippen LogP contribution in [0.15, 0.2) is 36.4 Å². The average Bonchev–Trinajstić information content (AvgIpc) is 2.79. The Morgan fingerprint density at radius 2 is 1.81 bits per heavy atom. The first-order valence-corrected chi connectivity index (χ1v) is 13.6. The van der Waals surface area contributed by atoms with E-state index in [0.717, 1.165) is 5.56 Å². The molecule has 0 aromatic heterocycles. The lowest BCUT2D eigenvalue weighted by molar-refractivity contribution is -0.139. The number of aryl methyl sites for hydroxylation is 2. The van der Waals surface area contributed by atoms with Crippen LogP contribution in [0.3, 0.4) is 0 Å². The fourth-order valence-electron chi connectivity index (χ4n) is 3.70. The van der Waals surface area contributed by atoms with Crippen LogP contribution in [-0.2, 0) is 14.3 Å². The molecular formula is C27H36ClN3O5S. The number of aromatic hydroxyl groups is 1. The van der Waals surface area contributed by atoms with E-state index in [-0.39, 0.29) is 5.75 Å². The summed E-state index contributed by atoms with van der Waals surface area (Å²) < 4.78 is 5.36. The van der Waals surface area contributed by atoms with Crippen LogP contribution in [0.4, 0.5) is 10.5 Å². The van der Waals surface area contributed by atoms with Crippen molar-refractivity contribution in [2.75, 3.05) is 24.4 Å². The van der Waals surface area contributed by atoms with Gasteiger partial charge in [0.15, 0.2) is 0 Å². The Labute approximate surface area is 228 Å². The molecule has 2 atom stereocenters. The normalized spacial score (nSPS) is 12.9. The number of rotatable bonds is 9. The highest BCUT2D eigenvalue weighted by Gasteiger charge is 2.34. The number of ether oxygens (including phenoxy) is 1. The molecular weight excluding hydrogens is 514 g/mol. The van der Waals surface area contributed by atoms with Gasteiger partial charge >= 0.3 is 6.09 Å². The molecule has 0 aliphatic carbocycles. The zero-order chi connectivity index (χ0) is 27.9. The highest BCUT2D eigenvalue weighted by molar-refractivity contribution is 7.98. The molecule has 2 rings (SSSR count). The van der Waals surface area contributed by atoms with Gasteiger partial charge in [0.1, 0.15) is 23.4 Å². The monoisotopic (exact) mass is 549 g/mol. The number of hydrogen-bond acceptors (Lipinski definition) is 6. The van der Waals surface area contributed by atoms with Gasteiger partial charge in [0.25, 0.3) is 5.91 Å². The number of nitrogens with zero attached hydrogens (tertiary/aromatic N) is 1. The molecule has 10 heteroatoms. The van der Waals surface area contributed by atoms with Gasteiger partial charge in [-0.15, -0.1) is 0 Å². The van der Waals surface area contributed by atoms with Gasteiger partial charge in [0.05, 0.1) is 10.7 Å². The molecule has 0 bridgehead atoms. The lowest BCUT2D eigenvalue weighted by atomic mass is 10.0. The molecule has 202 valence electrons. The van der Waals surface area contributed by atoms with E-state index < -0.39 is 35.6 Å². The summed E-state index contributed by atoms with van der Waals surface area (Å²) in [6, 6.07) is 8.01. The molecule has 0 aliphatic rings. The van der Waals surface area contributed by atoms with E-state index >= 15 is 0 Å². The third kappa shape index (κ3) is 8.57. The number of para-hydroxylation sites is 1. The second-order valence-corrected chi connectivity index (χ2v) is 11.2. The molecule has 3 amide bonds. The Hall–Kier alpha value is -2.91. The van der Waals surface area contributed by atoms with Crippen LogP contribution in [0, 0.1) is 13.8 Å². The standard InChI is InChI=1S/C27H36ClN3O5S/c1-16-9-8-10-19(28)22(16)30-24(33)23(18-11-12-21(32)17(2)15-18)31(6)25(34)20(13-14-37-7)29-26(35)36-27(3,4)5/h8-12,15,20,23,32H,13-14H2,1-7H3,(H,29,35)(H,30,33). The molecule has 2 aromatic carbocycles. The number of amides is 3. The van der Waals surface area contributed by atoms with Crippen LogP contribution >= 0.6 is 23.4 Å². The first kappa shape index (κ1) is 30.3. The van der Waals surface area contributed by atoms with E-state index in [1.165, 1.54) is 29.8 Å². The minimum atomic E-state index is -1.07. The molecule has 0 aliphatic heterocycles. The number of anilines is 1. The van der Waals surface area contributed by atoms with E-state index in [4.69, 9.17) is 16.3 Å². The number of phenols is 1. The van der Waals surface area contributed by atoms with Crippen LogP contribution in [0.2, 0.25) is 5.02 Å². The Kier molecular flexibility index (Phi) is 10.7. The molecule has 0 spiro atoms. The summed E-state index contributed by atoms with van der Waals surface area (Å²) in [7, 11) is 1.51. The molecule has 2 aromatic rings. The molecule has 8 nitrogen and oxygen atoms in total. The summed E-state index contributed by atoms with van der Waals surface area (Å²) in [6.45, 7) is 8.74. The van der Waals surface area contributed by atoms with E-state index in [1.54, 1.807) is 52.0 Å². The van der Waals surface area contributed by atoms with E-state index in [1.807, 2.05) is 19.2 Å². The fourth-order valence-corrected chi connectivity index (χ4v) is 4.44. The lowest BCUT2D eigenvalue weighted by Gasteiger charge is -2.32. The summed E-state index contributed by atoms with van der Waals surface area (Å²) in [5.74, 6) is -0.267. The Morgan fingerprint density at radius 3 is 2.38 bits per heavy atom. The zero-order valence-corrected chi connectivity index (χ0v) is 23.9. The topological polar surface area (TPSA) is 108 Å². The first-order valence-electron chi connectivity index (χ1n) is 11.9. The van der Waals surface area contributed by atoms with Crippen molar-refractivity contribution in [3.63, 3.8) is 0 Å². The van der Waals surface area contributed by atoms with Crippen molar-refractivity contribution in [2.45, 2.75) is 58.7 Å². The molecule has 0 radical (unpaired) electrons. The number of phenolic OH excluding ortho intramolecular Hbond substituents is 1. The highest BCUT2D eigenvalue weighted by atomic mass is 35.5. The van der Waals surface area contributed by atoms with Gasteiger partial charge in [-0.2, -0.15) is 11.8 Å². The van der Waals surface area contributed by atoms with Crippen LogP contribution in [0.25, 0.3) is 0 Å². The predicted molar refractivity (Wildman–Crippen MR) is 149 cm³/mol. The van der Waals surface area contributed by atoms with Gasteiger partial charge < -0.3 is 25.4 Å². The van der Waals surface area contributed by atoms with Crippen molar-refractivity contribution < 1.29 is 24.2 Å². The Bertz CT molecular complexity index is 1120. The van der Waals surface area contributed by atoms with Crippen LogP contribution in [-0.4, -0.2) is 58.6 Å². The number of carbonyl (C=O) groups is 3. The summed E-state index contributed by atoms with van der Waals surface area (Å²) in [5, 5.41) is 15.9. The van der Waals surface area contributed by atoms with Gasteiger partial charge in [-0.05, 0) is 87.9 Å². The smallest absolute Gasteiger partial charge is 0.408 e. The summed E-state index contributed by atoms with van der Waals surface area (Å²) in [5.41, 5.74) is 1.52. The van der Waals surface area contributed by atoms with Crippen LogP contribution < -0.4 is 10.6 Å². The third-order valence-electron chi connectivity index (χ3n) is 5.59. The predicted octanol–water partition coefficient (Wildman–Crippen LogP) is 5.45. The lowest BCUT2D eigenvalue weighted by Crippen LogP contribution is -2.51. The molecule has 3 N–H and O–H groups in total. The first-order chi connectivity index (χ1) is 17.2. The van der Waals surface area contributed by atoms with Gasteiger partial charge in [0, 0.05) is 7.05 Å². The summed E-state index contributed by atoms with van der Waals surface area (Å²) in [6.07, 6.45) is 1.53. The van der Waals surface area contributed by atoms with Crippen LogP contribution in [0.5, 0.6) is 5.75 Å². The highest BCUT2D eigenvalue weighted by Crippen LogP contribution is 2.30. The maximum Gasteiger partial charge on any atom is 0.408 e. The number of nitrogens with one attached hydrogen (secondary N) is 2. The number of hydrogen-bond donors (Lipinski definition) is 3. The van der Waals surface area contributed by atoms with Crippen molar-refractivity contribution in [2.24, 2.45) is 0 Å². The zero-order valence-electron chi connectivity index (χ0n) is 22.3. The van der Waals surface area contributed by atoms with Gasteiger partial charge in [-0.25, -0.2) is 4.79 Å². The summed E-state index contributed by atoms with van der Waals surface area (Å²) in [4.78, 5) is 41.2. The van der Waals surface area contributed by atoms with E-state index in [2.05, 4.69) is 10.6 Å². The molecule has 2 unspecified atom stereocenters. The van der Waals surface area contributed by atoms with Crippen molar-refractivity contribution in [3.8, 4) is 5.75 Å². The molecule has 0 saturated carbocycles. The number of carbonyl (C=O) groups excluding carboxylic acids is 3. The number of likely N-dealkylation sites (N-methyl/N-ethyl adjacent to an activating group) is 1. The van der Waals surface area contributed by atoms with Gasteiger partial charge in [-0.1, -0.05) is 29.8 Å². The third-order valence-corrected chi connectivity index (χ3v) is 6.55. The maximum atomic E-state index is 13.7. The molecule has 0 saturated heterocycles. The second kappa shape index (κ2) is 13.1. The number of benzene rings is 2. The quantitative estimate of drug-likeness (QED) is 0.384.